The van der Waals surface area contributed by atoms with E-state index in [9.17, 15) is 0 Å². The van der Waals surface area contributed by atoms with Gasteiger partial charge in [0.25, 0.3) is 0 Å². The van der Waals surface area contributed by atoms with E-state index < -0.39 is 0 Å². The average Bonchev–Trinajstić information content (AvgIpc) is 2.74. The average molecular weight is 375 g/mol. The molecule has 0 amide bonds. The van der Waals surface area contributed by atoms with Crippen molar-refractivity contribution in [2.24, 2.45) is 9.98 Å². The van der Waals surface area contributed by atoms with Gasteiger partial charge in [-0.15, -0.1) is 0 Å². The highest BCUT2D eigenvalue weighted by Gasteiger charge is 2.01. The van der Waals surface area contributed by atoms with E-state index in [4.69, 9.17) is 9.98 Å². The summed E-state index contributed by atoms with van der Waals surface area (Å²) in [5, 5.41) is 0. The molecule has 28 heavy (non-hydrogen) atoms. The summed E-state index contributed by atoms with van der Waals surface area (Å²) >= 11 is 0. The van der Waals surface area contributed by atoms with Gasteiger partial charge in [0.1, 0.15) is 0 Å². The normalized spacial score (nSPS) is 12.4. The first kappa shape index (κ1) is 21.8. The Kier molecular flexibility index (Phi) is 8.87. The van der Waals surface area contributed by atoms with Gasteiger partial charge in [-0.05, 0) is 84.7 Å². The Morgan fingerprint density at radius 3 is 1.57 bits per heavy atom. The molecule has 0 N–H and O–H groups in total. The highest BCUT2D eigenvalue weighted by molar-refractivity contribution is 6.36. The van der Waals surface area contributed by atoms with E-state index >= 15 is 0 Å². The van der Waals surface area contributed by atoms with Crippen LogP contribution in [0.2, 0.25) is 0 Å². The van der Waals surface area contributed by atoms with Crippen molar-refractivity contribution in [1.82, 2.24) is 0 Å². The maximum atomic E-state index is 4.89. The largest absolute Gasteiger partial charge is 0.255 e. The molecule has 0 heterocycles. The molecule has 2 aromatic carbocycles. The summed E-state index contributed by atoms with van der Waals surface area (Å²) in [6, 6.07) is 13.2. The topological polar surface area (TPSA) is 24.7 Å². The van der Waals surface area contributed by atoms with E-state index in [1.165, 1.54) is 22.3 Å². The van der Waals surface area contributed by atoms with Crippen molar-refractivity contribution in [3.05, 3.63) is 70.8 Å². The molecule has 0 radical (unpaired) electrons. The van der Waals surface area contributed by atoms with Crippen molar-refractivity contribution in [3.63, 3.8) is 0 Å². The van der Waals surface area contributed by atoms with E-state index in [0.717, 1.165) is 49.2 Å². The van der Waals surface area contributed by atoms with Gasteiger partial charge < -0.3 is 0 Å². The van der Waals surface area contributed by atoms with Crippen molar-refractivity contribution in [2.45, 2.75) is 66.7 Å². The number of aryl methyl sites for hydroxylation is 4. The number of nitrogens with zero attached hydrogens (tertiary/aromatic N) is 2. The fourth-order valence-corrected chi connectivity index (χ4v) is 3.08. The zero-order valence-electron chi connectivity index (χ0n) is 18.1. The number of hydrogen-bond acceptors (Lipinski definition) is 2. The zero-order chi connectivity index (χ0) is 20.4. The molecule has 148 valence electrons. The Morgan fingerprint density at radius 2 is 1.14 bits per heavy atom. The van der Waals surface area contributed by atoms with Crippen LogP contribution in [0.3, 0.4) is 0 Å². The quantitative estimate of drug-likeness (QED) is 0.409. The number of hydrogen-bond donors (Lipinski definition) is 0. The molecule has 0 aromatic heterocycles. The molecular weight excluding hydrogens is 340 g/mol. The van der Waals surface area contributed by atoms with Crippen LogP contribution in [-0.2, 0) is 25.7 Å². The van der Waals surface area contributed by atoms with Crippen molar-refractivity contribution < 1.29 is 0 Å². The van der Waals surface area contributed by atoms with Gasteiger partial charge in [-0.25, -0.2) is 4.99 Å². The third-order valence-electron chi connectivity index (χ3n) is 4.84. The molecule has 0 bridgehead atoms. The zero-order valence-corrected chi connectivity index (χ0v) is 18.1. The molecule has 0 aliphatic heterocycles. The lowest BCUT2D eigenvalue weighted by atomic mass is 10.1. The van der Waals surface area contributed by atoms with Gasteiger partial charge >= 0.3 is 0 Å². The van der Waals surface area contributed by atoms with Gasteiger partial charge in [0.2, 0.25) is 0 Å². The first-order valence-corrected chi connectivity index (χ1v) is 10.7. The Morgan fingerprint density at radius 1 is 0.679 bits per heavy atom. The van der Waals surface area contributed by atoms with Crippen LogP contribution >= 0.6 is 0 Å². The molecule has 0 saturated carbocycles. The van der Waals surface area contributed by atoms with Gasteiger partial charge in [0, 0.05) is 0 Å². The number of aliphatic imine (C=N–C) groups is 2. The van der Waals surface area contributed by atoms with Crippen LogP contribution in [0, 0.1) is 0 Å². The Balaban J connectivity index is 2.40. The van der Waals surface area contributed by atoms with Crippen molar-refractivity contribution in [2.75, 3.05) is 0 Å². The predicted octanol–water partition coefficient (Wildman–Crippen LogP) is 7.38. The van der Waals surface area contributed by atoms with E-state index in [-0.39, 0.29) is 0 Å². The highest BCUT2D eigenvalue weighted by atomic mass is 14.8. The molecule has 0 aliphatic rings. The van der Waals surface area contributed by atoms with Crippen LogP contribution in [-0.4, -0.2) is 11.9 Å². The Hall–Kier alpha value is -2.48. The van der Waals surface area contributed by atoms with E-state index in [1.54, 1.807) is 0 Å². The van der Waals surface area contributed by atoms with E-state index in [2.05, 4.69) is 83.2 Å². The van der Waals surface area contributed by atoms with Gasteiger partial charge in [0.15, 0.2) is 0 Å². The summed E-state index contributed by atoms with van der Waals surface area (Å²) < 4.78 is 0. The molecule has 2 nitrogen and oxygen atoms in total. The summed E-state index contributed by atoms with van der Waals surface area (Å²) in [7, 11) is 0. The predicted molar refractivity (Wildman–Crippen MR) is 125 cm³/mol. The second-order valence-electron chi connectivity index (χ2n) is 7.04. The fourth-order valence-electron chi connectivity index (χ4n) is 3.08. The first-order valence-electron chi connectivity index (χ1n) is 10.7. The first-order chi connectivity index (χ1) is 13.6. The maximum absolute atomic E-state index is 4.89. The molecular formula is C26H34N2. The minimum absolute atomic E-state index is 0.886. The third-order valence-corrected chi connectivity index (χ3v) is 4.84. The van der Waals surface area contributed by atoms with Gasteiger partial charge in [-0.2, -0.15) is 0 Å². The van der Waals surface area contributed by atoms with Crippen LogP contribution < -0.4 is 0 Å². The van der Waals surface area contributed by atoms with Crippen LogP contribution in [0.1, 0.15) is 63.3 Å². The molecule has 2 aromatic rings. The third kappa shape index (κ3) is 6.60. The molecule has 0 fully saturated rings. The fraction of sp³-hybridized carbons (Fsp3) is 0.385. The van der Waals surface area contributed by atoms with Crippen LogP contribution in [0.25, 0.3) is 0 Å². The number of allylic oxidation sites excluding steroid dienone is 2. The second kappa shape index (κ2) is 11.4. The standard InChI is InChI=1S/C26H34N2/c1-6-11-12-24(28-26-17-22(9-4)14-23(10-5)18-26)19-27-25-15-20(7-2)13-21(8-3)16-25/h11-19H,6-10H2,1-5H3/b12-11+,27-19?,28-24?. The van der Waals surface area contributed by atoms with Crippen molar-refractivity contribution >= 4 is 23.3 Å². The van der Waals surface area contributed by atoms with Crippen LogP contribution in [0.4, 0.5) is 11.4 Å². The molecule has 0 unspecified atom stereocenters. The number of rotatable bonds is 9. The monoisotopic (exact) mass is 374 g/mol. The summed E-state index contributed by atoms with van der Waals surface area (Å²) in [5.41, 5.74) is 8.22. The van der Waals surface area contributed by atoms with Gasteiger partial charge in [0.05, 0.1) is 23.3 Å². The Bertz CT molecular complexity index is 812. The van der Waals surface area contributed by atoms with Gasteiger partial charge in [-0.3, -0.25) is 4.99 Å². The summed E-state index contributed by atoms with van der Waals surface area (Å²) in [6.45, 7) is 10.9. The lowest BCUT2D eigenvalue weighted by Crippen LogP contribution is -1.96. The lowest BCUT2D eigenvalue weighted by Gasteiger charge is -2.06. The molecule has 0 aliphatic carbocycles. The lowest BCUT2D eigenvalue weighted by molar-refractivity contribution is 1.08. The van der Waals surface area contributed by atoms with E-state index in [0.29, 0.717) is 0 Å². The van der Waals surface area contributed by atoms with Gasteiger partial charge in [-0.1, -0.05) is 52.8 Å². The van der Waals surface area contributed by atoms with Crippen LogP contribution in [0.5, 0.6) is 0 Å². The maximum Gasteiger partial charge on any atom is 0.0816 e. The molecule has 0 spiro atoms. The second-order valence-corrected chi connectivity index (χ2v) is 7.04. The van der Waals surface area contributed by atoms with E-state index in [1.807, 2.05) is 6.21 Å². The molecule has 0 atom stereocenters. The highest BCUT2D eigenvalue weighted by Crippen LogP contribution is 2.21. The molecule has 2 heteroatoms. The molecule has 2 rings (SSSR count). The van der Waals surface area contributed by atoms with Crippen LogP contribution in [0.15, 0.2) is 58.5 Å². The smallest absolute Gasteiger partial charge is 0.0816 e. The number of benzene rings is 2. The SMILES string of the molecule is CC/C=C/C(C=Nc1cc(CC)cc(CC)c1)=Nc1cc(CC)cc(CC)c1. The molecule has 0 saturated heterocycles. The summed E-state index contributed by atoms with van der Waals surface area (Å²) in [4.78, 5) is 9.65. The summed E-state index contributed by atoms with van der Waals surface area (Å²) in [6.07, 6.45) is 11.2. The van der Waals surface area contributed by atoms with Crippen molar-refractivity contribution in [1.29, 1.82) is 0 Å². The van der Waals surface area contributed by atoms with Crippen molar-refractivity contribution in [3.8, 4) is 0 Å². The Labute approximate surface area is 171 Å². The minimum Gasteiger partial charge on any atom is -0.255 e. The summed E-state index contributed by atoms with van der Waals surface area (Å²) in [5.74, 6) is 0. The minimum atomic E-state index is 0.886.